The number of esters is 1. The Bertz CT molecular complexity index is 349. The summed E-state index contributed by atoms with van der Waals surface area (Å²) in [4.78, 5) is 11.0. The topological polar surface area (TPSA) is 59.4 Å². The Balaban J connectivity index is 2.28. The number of ether oxygens (including phenoxy) is 2. The number of hydrogen-bond donors (Lipinski definition) is 1. The minimum absolute atomic E-state index is 0.0132. The van der Waals surface area contributed by atoms with E-state index in [1.54, 1.807) is 19.1 Å². The average Bonchev–Trinajstić information content (AvgIpc) is 2.28. The Hall–Kier alpha value is -1.84. The lowest BCUT2D eigenvalue weighted by Gasteiger charge is -2.06. The number of hydrogen-bond acceptors (Lipinski definition) is 4. The lowest BCUT2D eigenvalue weighted by molar-refractivity contribution is -0.141. The van der Waals surface area contributed by atoms with Crippen LogP contribution < -0.4 is 4.74 Å². The molecule has 0 saturated heterocycles. The summed E-state index contributed by atoms with van der Waals surface area (Å²) in [7, 11) is 0. The largest absolute Gasteiger partial charge is 0.488 e. The van der Waals surface area contributed by atoms with Gasteiger partial charge < -0.3 is 14.9 Å². The van der Waals surface area contributed by atoms with E-state index in [-0.39, 0.29) is 24.7 Å². The highest BCUT2D eigenvalue weighted by Gasteiger charge is 2.07. The molecule has 0 bridgehead atoms. The molecule has 0 radical (unpaired) electrons. The van der Waals surface area contributed by atoms with Crippen LogP contribution >= 0.6 is 0 Å². The number of rotatable bonds is 6. The Morgan fingerprint density at radius 3 is 2.62 bits per heavy atom. The highest BCUT2D eigenvalue weighted by atomic mass is 16.5. The van der Waals surface area contributed by atoms with Crippen molar-refractivity contribution in [3.8, 4) is 5.75 Å². The monoisotopic (exact) mass is 221 g/mol. The standard InChI is InChI=1S/C12H15NO3/c1-2-15-12(14)8-10(13)9-16-11-6-4-3-5-7-11/h3-7,13H,2,8-9H2,1H3. The fraction of sp³-hybridized carbons (Fsp3) is 0.333. The second-order valence-corrected chi connectivity index (χ2v) is 3.19. The van der Waals surface area contributed by atoms with Gasteiger partial charge in [0.1, 0.15) is 12.4 Å². The molecular formula is C12H15NO3. The molecule has 1 N–H and O–H groups in total. The molecule has 0 spiro atoms. The summed E-state index contributed by atoms with van der Waals surface area (Å²) in [5.41, 5.74) is 0.210. The zero-order valence-electron chi connectivity index (χ0n) is 9.23. The summed E-state index contributed by atoms with van der Waals surface area (Å²) in [5.74, 6) is 0.306. The fourth-order valence-electron chi connectivity index (χ4n) is 1.12. The van der Waals surface area contributed by atoms with Crippen LogP contribution in [0.1, 0.15) is 13.3 Å². The van der Waals surface area contributed by atoms with Gasteiger partial charge in [0, 0.05) is 0 Å². The highest BCUT2D eigenvalue weighted by Crippen LogP contribution is 2.08. The number of carbonyl (C=O) groups excluding carboxylic acids is 1. The van der Waals surface area contributed by atoms with Crippen molar-refractivity contribution in [2.75, 3.05) is 13.2 Å². The van der Waals surface area contributed by atoms with Crippen molar-refractivity contribution in [2.45, 2.75) is 13.3 Å². The first-order valence-corrected chi connectivity index (χ1v) is 5.12. The maximum Gasteiger partial charge on any atom is 0.311 e. The maximum atomic E-state index is 11.0. The van der Waals surface area contributed by atoms with Crippen molar-refractivity contribution >= 4 is 11.7 Å². The van der Waals surface area contributed by atoms with Crippen LogP contribution in [0.2, 0.25) is 0 Å². The van der Waals surface area contributed by atoms with Gasteiger partial charge in [0.25, 0.3) is 0 Å². The van der Waals surface area contributed by atoms with E-state index in [0.717, 1.165) is 0 Å². The zero-order chi connectivity index (χ0) is 11.8. The molecule has 0 aliphatic carbocycles. The summed E-state index contributed by atoms with van der Waals surface area (Å²) in [6.07, 6.45) is -0.0132. The third-order valence-corrected chi connectivity index (χ3v) is 1.82. The van der Waals surface area contributed by atoms with Gasteiger partial charge in [0.2, 0.25) is 0 Å². The van der Waals surface area contributed by atoms with E-state index in [9.17, 15) is 4.79 Å². The number of benzene rings is 1. The van der Waals surface area contributed by atoms with E-state index in [1.807, 2.05) is 18.2 Å². The van der Waals surface area contributed by atoms with E-state index in [0.29, 0.717) is 12.4 Å². The quantitative estimate of drug-likeness (QED) is 0.590. The minimum Gasteiger partial charge on any atom is -0.488 e. The lowest BCUT2D eigenvalue weighted by atomic mass is 10.3. The summed E-state index contributed by atoms with van der Waals surface area (Å²) < 4.78 is 10.0. The van der Waals surface area contributed by atoms with Crippen LogP contribution in [-0.2, 0) is 9.53 Å². The normalized spacial score (nSPS) is 9.56. The second-order valence-electron chi connectivity index (χ2n) is 3.19. The molecule has 0 amide bonds. The van der Waals surface area contributed by atoms with E-state index in [2.05, 4.69) is 0 Å². The Morgan fingerprint density at radius 2 is 2.00 bits per heavy atom. The molecule has 0 unspecified atom stereocenters. The van der Waals surface area contributed by atoms with Gasteiger partial charge in [-0.25, -0.2) is 0 Å². The van der Waals surface area contributed by atoms with E-state index >= 15 is 0 Å². The van der Waals surface area contributed by atoms with Gasteiger partial charge in [0.15, 0.2) is 0 Å². The molecule has 0 aliphatic heterocycles. The van der Waals surface area contributed by atoms with Crippen LogP contribution in [0.5, 0.6) is 5.75 Å². The summed E-state index contributed by atoms with van der Waals surface area (Å²) in [5, 5.41) is 7.52. The molecule has 0 atom stereocenters. The van der Waals surface area contributed by atoms with Crippen molar-refractivity contribution in [3.63, 3.8) is 0 Å². The van der Waals surface area contributed by atoms with Crippen LogP contribution in [0.15, 0.2) is 30.3 Å². The third kappa shape index (κ3) is 4.59. The van der Waals surface area contributed by atoms with E-state index in [4.69, 9.17) is 14.9 Å². The van der Waals surface area contributed by atoms with Gasteiger partial charge in [-0.2, -0.15) is 0 Å². The molecule has 0 heterocycles. The van der Waals surface area contributed by atoms with Gasteiger partial charge in [0.05, 0.1) is 18.7 Å². The molecule has 4 heteroatoms. The molecule has 0 aromatic heterocycles. The van der Waals surface area contributed by atoms with Crippen molar-refractivity contribution in [1.82, 2.24) is 0 Å². The van der Waals surface area contributed by atoms with Crippen molar-refractivity contribution in [3.05, 3.63) is 30.3 Å². The molecular weight excluding hydrogens is 206 g/mol. The third-order valence-electron chi connectivity index (χ3n) is 1.82. The van der Waals surface area contributed by atoms with Crippen LogP contribution in [0.3, 0.4) is 0 Å². The predicted octanol–water partition coefficient (Wildman–Crippen LogP) is 2.04. The molecule has 1 aromatic rings. The van der Waals surface area contributed by atoms with Crippen molar-refractivity contribution in [1.29, 1.82) is 5.41 Å². The Kier molecular flexibility index (Phi) is 5.05. The smallest absolute Gasteiger partial charge is 0.311 e. The fourth-order valence-corrected chi connectivity index (χ4v) is 1.12. The maximum absolute atomic E-state index is 11.0. The highest BCUT2D eigenvalue weighted by molar-refractivity contribution is 5.98. The Morgan fingerprint density at radius 1 is 1.31 bits per heavy atom. The number of carbonyl (C=O) groups is 1. The number of nitrogens with one attached hydrogen (secondary N) is 1. The average molecular weight is 221 g/mol. The second kappa shape index (κ2) is 6.61. The van der Waals surface area contributed by atoms with Crippen molar-refractivity contribution in [2.24, 2.45) is 0 Å². The van der Waals surface area contributed by atoms with Crippen LogP contribution in [0, 0.1) is 5.41 Å². The first-order chi connectivity index (χ1) is 7.72. The van der Waals surface area contributed by atoms with Crippen LogP contribution in [0.25, 0.3) is 0 Å². The molecule has 1 rings (SSSR count). The van der Waals surface area contributed by atoms with Gasteiger partial charge in [-0.15, -0.1) is 0 Å². The number of para-hydroxylation sites is 1. The molecule has 1 aromatic carbocycles. The van der Waals surface area contributed by atoms with Gasteiger partial charge in [-0.3, -0.25) is 4.79 Å². The van der Waals surface area contributed by atoms with Gasteiger partial charge >= 0.3 is 5.97 Å². The molecule has 0 saturated carbocycles. The molecule has 86 valence electrons. The first kappa shape index (κ1) is 12.2. The van der Waals surface area contributed by atoms with Gasteiger partial charge in [-0.05, 0) is 19.1 Å². The molecule has 16 heavy (non-hydrogen) atoms. The van der Waals surface area contributed by atoms with Crippen LogP contribution in [0.4, 0.5) is 0 Å². The lowest BCUT2D eigenvalue weighted by Crippen LogP contribution is -2.16. The zero-order valence-corrected chi connectivity index (χ0v) is 9.23. The summed E-state index contributed by atoms with van der Waals surface area (Å²) >= 11 is 0. The predicted molar refractivity (Wildman–Crippen MR) is 60.9 cm³/mol. The van der Waals surface area contributed by atoms with Crippen molar-refractivity contribution < 1.29 is 14.3 Å². The van der Waals surface area contributed by atoms with E-state index < -0.39 is 0 Å². The van der Waals surface area contributed by atoms with E-state index in [1.165, 1.54) is 0 Å². The summed E-state index contributed by atoms with van der Waals surface area (Å²) in [6, 6.07) is 9.20. The molecule has 0 aliphatic rings. The summed E-state index contributed by atoms with van der Waals surface area (Å²) in [6.45, 7) is 2.19. The first-order valence-electron chi connectivity index (χ1n) is 5.12. The molecule has 4 nitrogen and oxygen atoms in total. The minimum atomic E-state index is -0.385. The van der Waals surface area contributed by atoms with Crippen LogP contribution in [-0.4, -0.2) is 24.9 Å². The Labute approximate surface area is 94.7 Å². The van der Waals surface area contributed by atoms with Gasteiger partial charge in [-0.1, -0.05) is 18.2 Å². The SMILES string of the molecule is CCOC(=O)CC(=N)COc1ccccc1. The molecule has 0 fully saturated rings.